The van der Waals surface area contributed by atoms with Crippen molar-refractivity contribution >= 4 is 29.4 Å². The molecule has 130 valence electrons. The number of hydrogen-bond donors (Lipinski definition) is 1. The highest BCUT2D eigenvalue weighted by molar-refractivity contribution is 6.36. The van der Waals surface area contributed by atoms with Gasteiger partial charge in [-0.2, -0.15) is 35.8 Å². The van der Waals surface area contributed by atoms with Crippen LogP contribution in [0.2, 0.25) is 10.0 Å². The first-order chi connectivity index (χ1) is 10.3. The normalized spacial score (nSPS) is 13.5. The zero-order valence-electron chi connectivity index (χ0n) is 11.0. The second kappa shape index (κ2) is 6.60. The van der Waals surface area contributed by atoms with E-state index in [-0.39, 0.29) is 21.4 Å². The van der Waals surface area contributed by atoms with Gasteiger partial charge in [-0.15, -0.1) is 0 Å². The van der Waals surface area contributed by atoms with Gasteiger partial charge in [0.1, 0.15) is 5.75 Å². The highest BCUT2D eigenvalue weighted by atomic mass is 35.5. The average molecular weight is 387 g/mol. The summed E-state index contributed by atoms with van der Waals surface area (Å²) in [5, 5.41) is 2.67. The molecule has 0 aliphatic carbocycles. The Balaban J connectivity index is 3.04. The summed E-state index contributed by atoms with van der Waals surface area (Å²) in [4.78, 5) is 0. The second-order valence-corrected chi connectivity index (χ2v) is 4.87. The average Bonchev–Trinajstić information content (AvgIpc) is 2.36. The number of nitrogens with one attached hydrogen (secondary N) is 1. The lowest BCUT2D eigenvalue weighted by atomic mass is 10.2. The van der Waals surface area contributed by atoms with Crippen LogP contribution in [-0.4, -0.2) is 31.5 Å². The highest BCUT2D eigenvalue weighted by Gasteiger charge is 2.73. The van der Waals surface area contributed by atoms with Crippen LogP contribution in [-0.2, 0) is 0 Å². The van der Waals surface area contributed by atoms with Gasteiger partial charge >= 0.3 is 18.1 Å². The molecule has 12 heteroatoms. The third-order valence-electron chi connectivity index (χ3n) is 2.40. The molecule has 0 aliphatic rings. The van der Waals surface area contributed by atoms with Gasteiger partial charge in [-0.05, 0) is 12.1 Å². The van der Waals surface area contributed by atoms with Crippen LogP contribution in [0.3, 0.4) is 0 Å². The van der Waals surface area contributed by atoms with Crippen molar-refractivity contribution in [3.63, 3.8) is 0 Å². The van der Waals surface area contributed by atoms with Crippen LogP contribution in [0.15, 0.2) is 17.2 Å². The Kier molecular flexibility index (Phi) is 5.63. The number of rotatable bonds is 5. The monoisotopic (exact) mass is 386 g/mol. The summed E-state index contributed by atoms with van der Waals surface area (Å²) in [5.74, 6) is -6.42. The Morgan fingerprint density at radius 3 is 2.13 bits per heavy atom. The fourth-order valence-electron chi connectivity index (χ4n) is 1.32. The largest absolute Gasteiger partial charge is 0.495 e. The molecular weight excluding hydrogens is 380 g/mol. The Morgan fingerprint density at radius 2 is 1.65 bits per heavy atom. The van der Waals surface area contributed by atoms with E-state index in [1.54, 1.807) is 0 Å². The maximum atomic E-state index is 13.0. The van der Waals surface area contributed by atoms with Crippen LogP contribution >= 0.6 is 23.2 Å². The van der Waals surface area contributed by atoms with Crippen LogP contribution < -0.4 is 10.2 Å². The molecule has 1 N–H and O–H groups in total. The van der Waals surface area contributed by atoms with E-state index in [2.05, 4.69) is 5.10 Å². The van der Waals surface area contributed by atoms with Crippen LogP contribution in [0.1, 0.15) is 5.56 Å². The molecule has 3 nitrogen and oxygen atoms in total. The molecule has 0 saturated heterocycles. The number of halogens is 9. The zero-order chi connectivity index (χ0) is 18.1. The van der Waals surface area contributed by atoms with E-state index in [1.165, 1.54) is 6.07 Å². The van der Waals surface area contributed by atoms with Gasteiger partial charge in [-0.1, -0.05) is 23.2 Å². The molecule has 0 saturated carbocycles. The maximum absolute atomic E-state index is 13.0. The first-order valence-electron chi connectivity index (χ1n) is 5.49. The molecule has 23 heavy (non-hydrogen) atoms. The molecule has 0 spiro atoms. The number of nitrogens with zero attached hydrogens (tertiary/aromatic N) is 1. The number of benzene rings is 1. The molecule has 0 bridgehead atoms. The van der Waals surface area contributed by atoms with Gasteiger partial charge in [0.25, 0.3) is 0 Å². The van der Waals surface area contributed by atoms with Crippen molar-refractivity contribution in [1.29, 1.82) is 0 Å². The Labute approximate surface area is 135 Å². The van der Waals surface area contributed by atoms with Crippen LogP contribution in [0.5, 0.6) is 5.75 Å². The summed E-state index contributed by atoms with van der Waals surface area (Å²) in [6, 6.07) is -3.31. The van der Waals surface area contributed by atoms with Gasteiger partial charge in [0.05, 0.1) is 18.3 Å². The van der Waals surface area contributed by atoms with Gasteiger partial charge in [0.15, 0.2) is 0 Å². The minimum atomic E-state index is -6.46. The van der Waals surface area contributed by atoms with Crippen LogP contribution in [0.4, 0.5) is 30.7 Å². The fourth-order valence-corrected chi connectivity index (χ4v) is 1.91. The van der Waals surface area contributed by atoms with Gasteiger partial charge in [0, 0.05) is 10.6 Å². The molecule has 0 atom stereocenters. The number of hydrazone groups is 1. The summed E-state index contributed by atoms with van der Waals surface area (Å²) < 4.78 is 91.8. The number of alkyl halides is 7. The van der Waals surface area contributed by atoms with Crippen molar-refractivity contribution < 1.29 is 35.5 Å². The molecule has 0 amide bonds. The fraction of sp³-hybridized carbons (Fsp3) is 0.364. The Bertz CT molecular complexity index is 605. The van der Waals surface area contributed by atoms with Crippen molar-refractivity contribution in [2.24, 2.45) is 5.10 Å². The molecule has 0 aromatic heterocycles. The minimum Gasteiger partial charge on any atom is -0.495 e. The topological polar surface area (TPSA) is 33.6 Å². The summed E-state index contributed by atoms with van der Waals surface area (Å²) >= 11 is 11.4. The Hall–Kier alpha value is -1.42. The molecule has 0 unspecified atom stereocenters. The molecule has 1 aromatic carbocycles. The summed E-state index contributed by atoms with van der Waals surface area (Å²) in [6.07, 6.45) is -5.95. The van der Waals surface area contributed by atoms with Gasteiger partial charge in [-0.25, -0.2) is 5.43 Å². The van der Waals surface area contributed by atoms with Crippen molar-refractivity contribution in [3.8, 4) is 5.75 Å². The quantitative estimate of drug-likeness (QED) is 0.344. The molecule has 0 radical (unpaired) electrons. The van der Waals surface area contributed by atoms with Gasteiger partial charge in [0.2, 0.25) is 0 Å². The molecule has 0 fully saturated rings. The molecular formula is C11H7Cl2F7N2O. The highest BCUT2D eigenvalue weighted by Crippen LogP contribution is 2.45. The number of hydrogen-bond acceptors (Lipinski definition) is 3. The lowest BCUT2D eigenvalue weighted by Crippen LogP contribution is -2.58. The van der Waals surface area contributed by atoms with Crippen LogP contribution in [0.25, 0.3) is 0 Å². The lowest BCUT2D eigenvalue weighted by Gasteiger charge is -2.27. The molecule has 0 aliphatic heterocycles. The SMILES string of the molecule is COc1c(Cl)cc(Cl)cc1/C=N\NC(F)(F)C(F)(F)C(F)(F)F. The van der Waals surface area contributed by atoms with Crippen molar-refractivity contribution in [1.82, 2.24) is 5.43 Å². The van der Waals surface area contributed by atoms with E-state index in [0.717, 1.165) is 13.2 Å². The standard InChI is InChI=1S/C11H7Cl2F7N2O/c1-23-8-5(2-6(12)3-7(8)13)4-21-22-11(19,20)9(14,15)10(16,17)18/h2-4,22H,1H3/b21-4-. The van der Waals surface area contributed by atoms with Gasteiger partial charge in [-0.3, -0.25) is 0 Å². The molecule has 1 rings (SSSR count). The van der Waals surface area contributed by atoms with Gasteiger partial charge < -0.3 is 4.74 Å². The summed E-state index contributed by atoms with van der Waals surface area (Å²) in [5.41, 5.74) is 0.347. The maximum Gasteiger partial charge on any atom is 0.462 e. The zero-order valence-corrected chi connectivity index (χ0v) is 12.5. The van der Waals surface area contributed by atoms with Crippen LogP contribution in [0, 0.1) is 0 Å². The minimum absolute atomic E-state index is 0.0321. The third kappa shape index (κ3) is 4.11. The number of ether oxygens (including phenoxy) is 1. The summed E-state index contributed by atoms with van der Waals surface area (Å²) in [6.45, 7) is 0. The van der Waals surface area contributed by atoms with E-state index in [0.29, 0.717) is 11.6 Å². The van der Waals surface area contributed by atoms with E-state index >= 15 is 0 Å². The van der Waals surface area contributed by atoms with E-state index in [1.807, 2.05) is 0 Å². The smallest absolute Gasteiger partial charge is 0.462 e. The predicted octanol–water partition coefficient (Wildman–Crippen LogP) is 4.72. The Morgan fingerprint density at radius 1 is 1.09 bits per heavy atom. The lowest BCUT2D eigenvalue weighted by molar-refractivity contribution is -0.361. The third-order valence-corrected chi connectivity index (χ3v) is 2.90. The first kappa shape index (κ1) is 19.6. The van der Waals surface area contributed by atoms with Crippen molar-refractivity contribution in [2.75, 3.05) is 7.11 Å². The van der Waals surface area contributed by atoms with E-state index < -0.39 is 18.1 Å². The van der Waals surface area contributed by atoms with Crippen molar-refractivity contribution in [3.05, 3.63) is 27.7 Å². The molecule has 0 heterocycles. The van der Waals surface area contributed by atoms with Crippen molar-refractivity contribution in [2.45, 2.75) is 18.1 Å². The van der Waals surface area contributed by atoms with E-state index in [4.69, 9.17) is 27.9 Å². The number of methoxy groups -OCH3 is 1. The predicted molar refractivity (Wildman–Crippen MR) is 69.7 cm³/mol. The molecule has 1 aromatic rings. The van der Waals surface area contributed by atoms with E-state index in [9.17, 15) is 30.7 Å². The second-order valence-electron chi connectivity index (χ2n) is 4.03. The first-order valence-corrected chi connectivity index (χ1v) is 6.24. The summed E-state index contributed by atoms with van der Waals surface area (Å²) in [7, 11) is 1.16.